The van der Waals surface area contributed by atoms with Gasteiger partial charge in [0.25, 0.3) is 6.71 Å². The van der Waals surface area contributed by atoms with E-state index in [9.17, 15) is 0 Å². The molecule has 0 saturated heterocycles. The smallest absolute Gasteiger partial charge is 0.279 e. The number of hydrogen-bond donors (Lipinski definition) is 0. The molecule has 0 unspecified atom stereocenters. The lowest BCUT2D eigenvalue weighted by Gasteiger charge is -2.44. The van der Waals surface area contributed by atoms with Gasteiger partial charge in [-0.15, -0.1) is 0 Å². The van der Waals surface area contributed by atoms with Gasteiger partial charge in [0.2, 0.25) is 11.8 Å². The molecule has 0 fully saturated rings. The quantitative estimate of drug-likeness (QED) is 0.163. The first kappa shape index (κ1) is 43.8. The molecule has 7 rings (SSSR count). The van der Waals surface area contributed by atoms with Gasteiger partial charge in [-0.05, 0) is 119 Å². The Balaban J connectivity index is 1.70. The lowest BCUT2D eigenvalue weighted by molar-refractivity contribution is 0.397. The van der Waals surface area contributed by atoms with E-state index in [4.69, 9.17) is 9.40 Å². The van der Waals surface area contributed by atoms with Gasteiger partial charge in [0.05, 0.1) is 5.59 Å². The minimum atomic E-state index is -0.300. The fourth-order valence-corrected chi connectivity index (χ4v) is 8.60. The zero-order chi connectivity index (χ0) is 44.7. The summed E-state index contributed by atoms with van der Waals surface area (Å²) in [6.45, 7) is 48.5. The second-order valence-electron chi connectivity index (χ2n) is 25.3. The van der Waals surface area contributed by atoms with E-state index >= 15 is 0 Å². The summed E-state index contributed by atoms with van der Waals surface area (Å²) in [4.78, 5) is 10.6. The molecule has 0 aliphatic carbocycles. The van der Waals surface area contributed by atoms with Gasteiger partial charge in [0.1, 0.15) is 0 Å². The number of hydrogen-bond acceptors (Lipinski definition) is 4. The van der Waals surface area contributed by atoms with Crippen molar-refractivity contribution >= 4 is 57.6 Å². The molecule has 60 heavy (non-hydrogen) atoms. The predicted molar refractivity (Wildman–Crippen MR) is 261 cm³/mol. The fraction of sp³-hybridized carbons (Fsp3) is 0.509. The van der Waals surface area contributed by atoms with Crippen LogP contribution in [0, 0.1) is 0 Å². The lowest BCUT2D eigenvalue weighted by atomic mass is 9.35. The number of fused-ring (bicyclic) bond motifs is 4. The van der Waals surface area contributed by atoms with Crippen LogP contribution in [-0.4, -0.2) is 11.7 Å². The molecule has 4 nitrogen and oxygen atoms in total. The minimum absolute atomic E-state index is 0.0431. The Kier molecular flexibility index (Phi) is 9.95. The molecule has 0 N–H and O–H groups in total. The zero-order valence-electron chi connectivity index (χ0n) is 41.2. The molecular formula is C55H74BN3O. The van der Waals surface area contributed by atoms with E-state index in [0.717, 1.165) is 28.7 Å². The van der Waals surface area contributed by atoms with Crippen LogP contribution in [0.4, 0.5) is 34.3 Å². The lowest BCUT2D eigenvalue weighted by Crippen LogP contribution is -2.62. The van der Waals surface area contributed by atoms with Crippen molar-refractivity contribution in [2.24, 2.45) is 0 Å². The summed E-state index contributed by atoms with van der Waals surface area (Å²) in [7, 11) is 0. The molecular weight excluding hydrogens is 729 g/mol. The molecule has 3 heterocycles. The molecule has 0 bridgehead atoms. The summed E-state index contributed by atoms with van der Waals surface area (Å²) in [5.74, 6) is 1.58. The highest BCUT2D eigenvalue weighted by molar-refractivity contribution is 6.99. The Morgan fingerprint density at radius 3 is 1.18 bits per heavy atom. The third kappa shape index (κ3) is 7.77. The van der Waals surface area contributed by atoms with Gasteiger partial charge in [-0.25, -0.2) is 4.98 Å². The van der Waals surface area contributed by atoms with Crippen LogP contribution >= 0.6 is 0 Å². The average molecular weight is 804 g/mol. The van der Waals surface area contributed by atoms with Crippen LogP contribution in [0.1, 0.15) is 185 Å². The fourth-order valence-electron chi connectivity index (χ4n) is 8.60. The van der Waals surface area contributed by atoms with Crippen molar-refractivity contribution < 1.29 is 4.42 Å². The van der Waals surface area contributed by atoms with Gasteiger partial charge in [0.15, 0.2) is 0 Å². The predicted octanol–water partition coefficient (Wildman–Crippen LogP) is 13.8. The Morgan fingerprint density at radius 2 is 0.783 bits per heavy atom. The first-order chi connectivity index (χ1) is 27.2. The summed E-state index contributed by atoms with van der Waals surface area (Å²) >= 11 is 0. The SMILES string of the molecule is CC(C)(C)c1cc(N2c3ccc(C(C)(C)C)cc3B3c4nc(C(C)(C)C)oc4N(c4cc(C(C)(C)C)cc(C(C)(C)C)c4)c4cc(C(C)(C)C)cc2c43)cc(C(C)(C)C)c1. The summed E-state index contributed by atoms with van der Waals surface area (Å²) in [5.41, 5.74) is 16.6. The third-order valence-electron chi connectivity index (χ3n) is 12.8. The van der Waals surface area contributed by atoms with Crippen molar-refractivity contribution in [2.75, 3.05) is 9.80 Å². The number of nitrogens with zero attached hydrogens (tertiary/aromatic N) is 3. The van der Waals surface area contributed by atoms with Crippen LogP contribution in [0.15, 0.2) is 71.1 Å². The van der Waals surface area contributed by atoms with Crippen molar-refractivity contribution in [1.29, 1.82) is 0 Å². The van der Waals surface area contributed by atoms with Crippen LogP contribution in [0.3, 0.4) is 0 Å². The maximum Gasteiger partial charge on any atom is 0.279 e. The number of oxazole rings is 1. The van der Waals surface area contributed by atoms with E-state index in [1.54, 1.807) is 0 Å². The second kappa shape index (κ2) is 13.6. The highest BCUT2D eigenvalue weighted by atomic mass is 16.4. The van der Waals surface area contributed by atoms with Crippen molar-refractivity contribution in [1.82, 2.24) is 4.98 Å². The van der Waals surface area contributed by atoms with Crippen LogP contribution in [0.5, 0.6) is 0 Å². The second-order valence-corrected chi connectivity index (χ2v) is 25.3. The topological polar surface area (TPSA) is 32.5 Å². The molecule has 5 aromatic rings. The Morgan fingerprint density at radius 1 is 0.400 bits per heavy atom. The van der Waals surface area contributed by atoms with Crippen molar-refractivity contribution in [3.05, 3.63) is 106 Å². The van der Waals surface area contributed by atoms with Gasteiger partial charge in [0, 0.05) is 33.9 Å². The molecule has 0 atom stereocenters. The monoisotopic (exact) mass is 804 g/mol. The highest BCUT2D eigenvalue weighted by Gasteiger charge is 2.48. The van der Waals surface area contributed by atoms with Crippen molar-refractivity contribution in [2.45, 2.75) is 183 Å². The molecule has 4 aromatic carbocycles. The number of benzene rings is 4. The van der Waals surface area contributed by atoms with E-state index in [1.807, 2.05) is 0 Å². The third-order valence-corrected chi connectivity index (χ3v) is 12.8. The molecule has 0 spiro atoms. The minimum Gasteiger partial charge on any atom is -0.424 e. The molecule has 2 aliphatic rings. The van der Waals surface area contributed by atoms with Gasteiger partial charge < -0.3 is 9.32 Å². The van der Waals surface area contributed by atoms with Crippen LogP contribution < -0.4 is 26.3 Å². The summed E-state index contributed by atoms with van der Waals surface area (Å²) in [6.07, 6.45) is 0. The van der Waals surface area contributed by atoms with Gasteiger partial charge in [-0.2, -0.15) is 0 Å². The first-order valence-electron chi connectivity index (χ1n) is 22.4. The maximum atomic E-state index is 7.20. The normalized spacial score (nSPS) is 15.0. The van der Waals surface area contributed by atoms with E-state index in [2.05, 4.69) is 222 Å². The standard InChI is InChI=1S/C55H74BN3O/c1-49(2,3)33-22-23-42-41(30-33)56-45-43(58(42)39-26-34(50(4,5)6)24-35(27-39)51(7,8)9)31-38(54(16,17)18)32-44(45)59(47-46(56)57-48(60-47)55(19,20)21)40-28-36(52(10,11)12)25-37(29-40)53(13,14)15/h22-32H,1-21H3. The molecule has 1 aromatic heterocycles. The largest absolute Gasteiger partial charge is 0.424 e. The highest BCUT2D eigenvalue weighted by Crippen LogP contribution is 2.49. The summed E-state index contributed by atoms with van der Waals surface area (Å²) in [5, 5.41) is 0. The van der Waals surface area contributed by atoms with E-state index in [0.29, 0.717) is 0 Å². The van der Waals surface area contributed by atoms with Gasteiger partial charge in [-0.1, -0.05) is 170 Å². The van der Waals surface area contributed by atoms with Crippen molar-refractivity contribution in [3.8, 4) is 0 Å². The van der Waals surface area contributed by atoms with Gasteiger partial charge >= 0.3 is 0 Å². The number of rotatable bonds is 2. The van der Waals surface area contributed by atoms with E-state index < -0.39 is 0 Å². The van der Waals surface area contributed by atoms with Gasteiger partial charge in [-0.3, -0.25) is 4.90 Å². The molecule has 2 aliphatic heterocycles. The average Bonchev–Trinajstić information content (AvgIpc) is 3.54. The van der Waals surface area contributed by atoms with Crippen molar-refractivity contribution in [3.63, 3.8) is 0 Å². The van der Waals surface area contributed by atoms with Crippen LogP contribution in [0.2, 0.25) is 0 Å². The van der Waals surface area contributed by atoms with Crippen LogP contribution in [0.25, 0.3) is 0 Å². The molecule has 0 radical (unpaired) electrons. The maximum absolute atomic E-state index is 7.20. The summed E-state index contributed by atoms with van der Waals surface area (Å²) in [6, 6.07) is 26.8. The number of aromatic nitrogens is 1. The number of anilines is 6. The molecule has 0 amide bonds. The van der Waals surface area contributed by atoms with Crippen LogP contribution in [-0.2, 0) is 37.9 Å². The first-order valence-corrected chi connectivity index (χ1v) is 22.4. The molecule has 5 heteroatoms. The Labute approximate surface area is 364 Å². The zero-order valence-corrected chi connectivity index (χ0v) is 41.2. The van der Waals surface area contributed by atoms with E-state index in [-0.39, 0.29) is 44.6 Å². The molecule has 0 saturated carbocycles. The van der Waals surface area contributed by atoms with E-state index in [1.165, 1.54) is 61.4 Å². The molecule has 318 valence electrons. The summed E-state index contributed by atoms with van der Waals surface area (Å²) < 4.78 is 7.20. The Hall–Kier alpha value is -4.25. The Bertz CT molecular complexity index is 2420.